The van der Waals surface area contributed by atoms with Gasteiger partial charge in [0.2, 0.25) is 0 Å². The zero-order valence-electron chi connectivity index (χ0n) is 14.6. The minimum Gasteiger partial charge on any atom is -0.146 e. The monoisotopic (exact) mass is 342 g/mol. The molecule has 2 heteroatoms. The first-order valence-corrected chi connectivity index (χ1v) is 8.86. The zero-order valence-corrected chi connectivity index (χ0v) is 16.4. The van der Waals surface area contributed by atoms with Crippen molar-refractivity contribution in [2.75, 3.05) is 0 Å². The molecule has 0 saturated heterocycles. The molecule has 0 radical (unpaired) electrons. The molecule has 0 N–H and O–H groups in total. The van der Waals surface area contributed by atoms with Gasteiger partial charge in [0, 0.05) is 11.3 Å². The van der Waals surface area contributed by atoms with Gasteiger partial charge in [-0.2, -0.15) is 0 Å². The maximum absolute atomic E-state index is 4.73. The van der Waals surface area contributed by atoms with Crippen molar-refractivity contribution < 1.29 is 0 Å². The second-order valence-electron chi connectivity index (χ2n) is 7.18. The Bertz CT molecular complexity index is 696. The van der Waals surface area contributed by atoms with Crippen LogP contribution in [0.3, 0.4) is 0 Å². The van der Waals surface area contributed by atoms with Crippen molar-refractivity contribution in [1.29, 1.82) is 0 Å². The van der Waals surface area contributed by atoms with E-state index in [1.54, 1.807) is 0 Å². The number of hydrogen-bond acceptors (Lipinski definition) is 2. The third kappa shape index (κ3) is 4.45. The molecule has 0 aromatic heterocycles. The van der Waals surface area contributed by atoms with Crippen LogP contribution in [0.15, 0.2) is 47.4 Å². The Morgan fingerprint density at radius 2 is 1.43 bits per heavy atom. The van der Waals surface area contributed by atoms with E-state index < -0.39 is 0 Å². The van der Waals surface area contributed by atoms with Crippen molar-refractivity contribution in [3.63, 3.8) is 0 Å². The summed E-state index contributed by atoms with van der Waals surface area (Å²) in [5, 5.41) is 0. The molecular formula is C21H26S2. The van der Waals surface area contributed by atoms with Gasteiger partial charge in [-0.1, -0.05) is 63.2 Å². The minimum atomic E-state index is 0.173. The minimum absolute atomic E-state index is 0.173. The van der Waals surface area contributed by atoms with E-state index in [0.717, 1.165) is 21.8 Å². The highest BCUT2D eigenvalue weighted by Crippen LogP contribution is 2.31. The van der Waals surface area contributed by atoms with Crippen LogP contribution < -0.4 is 0 Å². The lowest BCUT2D eigenvalue weighted by Gasteiger charge is -2.22. The molecule has 0 amide bonds. The number of benzene rings is 2. The van der Waals surface area contributed by atoms with E-state index in [2.05, 4.69) is 71.5 Å². The normalized spacial score (nSPS) is 13.0. The maximum Gasteiger partial charge on any atom is 0.0209 e. The highest BCUT2D eigenvalue weighted by molar-refractivity contribution is 7.93. The lowest BCUT2D eigenvalue weighted by atomic mass is 9.83. The second-order valence-corrected chi connectivity index (χ2v) is 8.16. The Labute approximate surface area is 151 Å². The molecular weight excluding hydrogens is 316 g/mol. The van der Waals surface area contributed by atoms with Crippen LogP contribution in [0.5, 0.6) is 0 Å². The second kappa shape index (κ2) is 7.19. The summed E-state index contributed by atoms with van der Waals surface area (Å²) in [7, 11) is 0. The van der Waals surface area contributed by atoms with E-state index >= 15 is 0 Å². The van der Waals surface area contributed by atoms with E-state index in [4.69, 9.17) is 12.6 Å². The van der Waals surface area contributed by atoms with Crippen LogP contribution in [0, 0.1) is 13.8 Å². The molecule has 0 nitrogen and oxygen atoms in total. The summed E-state index contributed by atoms with van der Waals surface area (Å²) in [4.78, 5) is 1.96. The van der Waals surface area contributed by atoms with Crippen molar-refractivity contribution >= 4 is 30.2 Å². The van der Waals surface area contributed by atoms with Crippen LogP contribution in [0.25, 0.3) is 4.91 Å². The van der Waals surface area contributed by atoms with Gasteiger partial charge in [0.25, 0.3) is 0 Å². The first-order chi connectivity index (χ1) is 10.7. The summed E-state index contributed by atoms with van der Waals surface area (Å²) in [5.41, 5.74) is 6.68. The van der Waals surface area contributed by atoms with Gasteiger partial charge in [-0.15, -0.1) is 25.3 Å². The smallest absolute Gasteiger partial charge is 0.0209 e. The molecule has 0 unspecified atom stereocenters. The molecule has 23 heavy (non-hydrogen) atoms. The summed E-state index contributed by atoms with van der Waals surface area (Å²) in [6, 6.07) is 14.8. The van der Waals surface area contributed by atoms with Crippen LogP contribution in [0.1, 0.15) is 48.6 Å². The van der Waals surface area contributed by atoms with E-state index in [9.17, 15) is 0 Å². The summed E-state index contributed by atoms with van der Waals surface area (Å²) in [6.45, 7) is 11.2. The number of thiol groups is 2. The summed E-state index contributed by atoms with van der Waals surface area (Å²) < 4.78 is 0. The summed E-state index contributed by atoms with van der Waals surface area (Å²) in [6.07, 6.45) is 0.818. The zero-order chi connectivity index (χ0) is 17.2. The Balaban J connectivity index is 2.37. The average Bonchev–Trinajstić information content (AvgIpc) is 2.49. The van der Waals surface area contributed by atoms with Gasteiger partial charge >= 0.3 is 0 Å². The standard InChI is InChI=1S/C21H26S2/c1-14-11-17(21(3,4)5)12-15(2)18(14)13-19(22)20(23)16-9-7-6-8-10-16/h6-12,22-23H,13H2,1-5H3. The highest BCUT2D eigenvalue weighted by Gasteiger charge is 2.17. The lowest BCUT2D eigenvalue weighted by molar-refractivity contribution is 0.589. The molecule has 2 aromatic rings. The molecule has 122 valence electrons. The van der Waals surface area contributed by atoms with Gasteiger partial charge in [0.05, 0.1) is 0 Å². The van der Waals surface area contributed by atoms with Crippen molar-refractivity contribution in [2.24, 2.45) is 0 Å². The quantitative estimate of drug-likeness (QED) is 0.595. The molecule has 0 aliphatic rings. The van der Waals surface area contributed by atoms with Gasteiger partial charge in [0.1, 0.15) is 0 Å². The van der Waals surface area contributed by atoms with Gasteiger partial charge in [-0.05, 0) is 52.0 Å². The fraction of sp³-hybridized carbons (Fsp3) is 0.333. The van der Waals surface area contributed by atoms with Gasteiger partial charge in [-0.25, -0.2) is 0 Å². The summed E-state index contributed by atoms with van der Waals surface area (Å²) in [5.74, 6) is 0. The van der Waals surface area contributed by atoms with E-state index in [1.807, 2.05) is 18.2 Å². The van der Waals surface area contributed by atoms with Crippen molar-refractivity contribution in [1.82, 2.24) is 0 Å². The van der Waals surface area contributed by atoms with E-state index in [0.29, 0.717) is 0 Å². The fourth-order valence-corrected chi connectivity index (χ4v) is 3.23. The molecule has 0 aliphatic heterocycles. The number of allylic oxidation sites excluding steroid dienone is 1. The first kappa shape index (κ1) is 18.2. The van der Waals surface area contributed by atoms with Gasteiger partial charge < -0.3 is 0 Å². The largest absolute Gasteiger partial charge is 0.146 e. The third-order valence-electron chi connectivity index (χ3n) is 4.23. The average molecular weight is 343 g/mol. The van der Waals surface area contributed by atoms with Crippen LogP contribution in [-0.4, -0.2) is 0 Å². The van der Waals surface area contributed by atoms with Crippen LogP contribution >= 0.6 is 25.3 Å². The van der Waals surface area contributed by atoms with Crippen molar-refractivity contribution in [2.45, 2.75) is 46.5 Å². The SMILES string of the molecule is Cc1cc(C(C)(C)C)cc(C)c1CC(S)=C(S)c1ccccc1. The predicted octanol–water partition coefficient (Wildman–Crippen LogP) is 6.37. The van der Waals surface area contributed by atoms with Crippen LogP contribution in [0.4, 0.5) is 0 Å². The number of hydrogen-bond donors (Lipinski definition) is 2. The Morgan fingerprint density at radius 3 is 1.91 bits per heavy atom. The van der Waals surface area contributed by atoms with Crippen LogP contribution in [-0.2, 0) is 11.8 Å². The van der Waals surface area contributed by atoms with Gasteiger partial charge in [-0.3, -0.25) is 0 Å². The maximum atomic E-state index is 4.73. The lowest BCUT2D eigenvalue weighted by Crippen LogP contribution is -2.12. The van der Waals surface area contributed by atoms with Gasteiger partial charge in [0.15, 0.2) is 0 Å². The molecule has 0 atom stereocenters. The molecule has 0 bridgehead atoms. The molecule has 0 saturated carbocycles. The van der Waals surface area contributed by atoms with E-state index in [-0.39, 0.29) is 5.41 Å². The number of rotatable bonds is 3. The first-order valence-electron chi connectivity index (χ1n) is 7.97. The molecule has 0 spiro atoms. The molecule has 0 fully saturated rings. The molecule has 0 heterocycles. The van der Waals surface area contributed by atoms with E-state index in [1.165, 1.54) is 22.3 Å². The molecule has 2 aromatic carbocycles. The topological polar surface area (TPSA) is 0 Å². The Hall–Kier alpha value is -1.12. The highest BCUT2D eigenvalue weighted by atomic mass is 32.1. The summed E-state index contributed by atoms with van der Waals surface area (Å²) >= 11 is 9.41. The number of aryl methyl sites for hydroxylation is 2. The Kier molecular flexibility index (Phi) is 5.70. The van der Waals surface area contributed by atoms with Crippen molar-refractivity contribution in [3.8, 4) is 0 Å². The third-order valence-corrected chi connectivity index (χ3v) is 5.31. The fourth-order valence-electron chi connectivity index (χ4n) is 2.72. The molecule has 2 rings (SSSR count). The molecule has 0 aliphatic carbocycles. The predicted molar refractivity (Wildman–Crippen MR) is 110 cm³/mol. The Morgan fingerprint density at radius 1 is 0.913 bits per heavy atom. The van der Waals surface area contributed by atoms with Crippen molar-refractivity contribution in [3.05, 3.63) is 75.2 Å². The van der Waals surface area contributed by atoms with Crippen LogP contribution in [0.2, 0.25) is 0 Å².